The van der Waals surface area contributed by atoms with Crippen LogP contribution in [0.4, 0.5) is 0 Å². The van der Waals surface area contributed by atoms with Crippen molar-refractivity contribution in [1.82, 2.24) is 5.32 Å². The number of nitrogens with one attached hydrogen (secondary N) is 1. The largest absolute Gasteiger partial charge is 0.353 e. The number of amides is 1. The van der Waals surface area contributed by atoms with Crippen molar-refractivity contribution in [3.63, 3.8) is 0 Å². The lowest BCUT2D eigenvalue weighted by Crippen LogP contribution is -2.21. The van der Waals surface area contributed by atoms with Crippen molar-refractivity contribution in [2.45, 2.75) is 97.3 Å². The van der Waals surface area contributed by atoms with Crippen molar-refractivity contribution in [3.8, 4) is 0 Å². The Bertz CT molecular complexity index is 248. The van der Waals surface area contributed by atoms with Crippen LogP contribution in [-0.2, 0) is 4.79 Å². The van der Waals surface area contributed by atoms with Gasteiger partial charge in [-0.25, -0.2) is 0 Å². The van der Waals surface area contributed by atoms with Crippen LogP contribution >= 0.6 is 0 Å². The third kappa shape index (κ3) is 17.2. The molecule has 0 aromatic rings. The molecule has 0 aromatic heterocycles. The molecule has 0 aliphatic rings. The van der Waals surface area contributed by atoms with Crippen LogP contribution < -0.4 is 5.32 Å². The van der Waals surface area contributed by atoms with Gasteiger partial charge in [0.2, 0.25) is 5.91 Å². The zero-order valence-electron chi connectivity index (χ0n) is 14.5. The molecule has 124 valence electrons. The summed E-state index contributed by atoms with van der Waals surface area (Å²) in [7, 11) is 0. The van der Waals surface area contributed by atoms with E-state index in [0.717, 1.165) is 19.4 Å². The fourth-order valence-electron chi connectivity index (χ4n) is 2.46. The molecule has 0 radical (unpaired) electrons. The van der Waals surface area contributed by atoms with Crippen LogP contribution in [0.3, 0.4) is 0 Å². The molecule has 0 bridgehead atoms. The molecule has 0 atom stereocenters. The zero-order chi connectivity index (χ0) is 15.6. The molecule has 0 aromatic carbocycles. The first-order valence-electron chi connectivity index (χ1n) is 9.25. The second-order valence-corrected chi connectivity index (χ2v) is 5.99. The van der Waals surface area contributed by atoms with Crippen LogP contribution in [0, 0.1) is 0 Å². The van der Waals surface area contributed by atoms with Gasteiger partial charge in [0, 0.05) is 6.54 Å². The topological polar surface area (TPSA) is 29.1 Å². The highest BCUT2D eigenvalue weighted by atomic mass is 16.1. The van der Waals surface area contributed by atoms with E-state index in [4.69, 9.17) is 0 Å². The third-order valence-corrected chi connectivity index (χ3v) is 3.83. The number of unbranched alkanes of at least 4 members (excludes halogenated alkanes) is 11. The van der Waals surface area contributed by atoms with E-state index in [0.29, 0.717) is 0 Å². The average Bonchev–Trinajstić information content (AvgIpc) is 2.49. The molecular weight excluding hydrogens is 258 g/mol. The van der Waals surface area contributed by atoms with Gasteiger partial charge < -0.3 is 5.32 Å². The maximum atomic E-state index is 11.3. The van der Waals surface area contributed by atoms with Crippen molar-refractivity contribution in [2.75, 3.05) is 6.54 Å². The average molecular weight is 296 g/mol. The first kappa shape index (κ1) is 20.2. The lowest BCUT2D eigenvalue weighted by Gasteiger charge is -2.03. The van der Waals surface area contributed by atoms with Crippen LogP contribution in [-0.4, -0.2) is 12.5 Å². The molecule has 0 saturated carbocycles. The molecule has 0 unspecified atom stereocenters. The third-order valence-electron chi connectivity index (χ3n) is 3.83. The van der Waals surface area contributed by atoms with Gasteiger partial charge in [-0.2, -0.15) is 0 Å². The molecule has 0 aliphatic heterocycles. The fourth-order valence-corrected chi connectivity index (χ4v) is 2.46. The second-order valence-electron chi connectivity index (χ2n) is 5.99. The Hall–Kier alpha value is -0.790. The molecule has 0 saturated heterocycles. The minimum atomic E-state index is 0.0555. The zero-order valence-corrected chi connectivity index (χ0v) is 14.5. The molecule has 2 heteroatoms. The molecule has 1 N–H and O–H groups in total. The highest BCUT2D eigenvalue weighted by Gasteiger charge is 1.95. The first-order chi connectivity index (χ1) is 10.3. The molecule has 0 heterocycles. The summed E-state index contributed by atoms with van der Waals surface area (Å²) in [5.41, 5.74) is 0. The van der Waals surface area contributed by atoms with Gasteiger partial charge in [-0.1, -0.05) is 90.6 Å². The smallest absolute Gasteiger partial charge is 0.243 e. The minimum absolute atomic E-state index is 0.0555. The van der Waals surface area contributed by atoms with Gasteiger partial charge in [0.05, 0.1) is 0 Å². The van der Waals surface area contributed by atoms with Gasteiger partial charge >= 0.3 is 0 Å². The molecule has 21 heavy (non-hydrogen) atoms. The van der Waals surface area contributed by atoms with Crippen molar-refractivity contribution in [3.05, 3.63) is 12.2 Å². The van der Waals surface area contributed by atoms with Crippen molar-refractivity contribution in [2.24, 2.45) is 0 Å². The highest BCUT2D eigenvalue weighted by Crippen LogP contribution is 2.11. The Morgan fingerprint density at radius 2 is 1.24 bits per heavy atom. The van der Waals surface area contributed by atoms with Crippen LogP contribution in [0.2, 0.25) is 0 Å². The number of allylic oxidation sites excluding steroid dienone is 1. The van der Waals surface area contributed by atoms with Gasteiger partial charge in [-0.05, 0) is 18.9 Å². The summed E-state index contributed by atoms with van der Waals surface area (Å²) in [6, 6.07) is 0. The van der Waals surface area contributed by atoms with Gasteiger partial charge in [0.15, 0.2) is 0 Å². The van der Waals surface area contributed by atoms with E-state index in [1.807, 2.05) is 13.0 Å². The standard InChI is InChI=1S/C19H37NO/c1-3-5-7-8-9-10-11-12-13-14-15-16-18-20-19(21)17-6-4-2/h6,17H,3-5,7-16,18H2,1-2H3,(H,20,21). The summed E-state index contributed by atoms with van der Waals surface area (Å²) in [6.07, 6.45) is 20.7. The Morgan fingerprint density at radius 3 is 1.71 bits per heavy atom. The number of carbonyl (C=O) groups excluding carboxylic acids is 1. The van der Waals surface area contributed by atoms with E-state index in [1.54, 1.807) is 6.08 Å². The summed E-state index contributed by atoms with van der Waals surface area (Å²) in [5, 5.41) is 2.93. The predicted molar refractivity (Wildman–Crippen MR) is 93.5 cm³/mol. The maximum absolute atomic E-state index is 11.3. The maximum Gasteiger partial charge on any atom is 0.243 e. The Kier molecular flexibility index (Phi) is 16.6. The molecule has 2 nitrogen and oxygen atoms in total. The highest BCUT2D eigenvalue weighted by molar-refractivity contribution is 5.87. The lowest BCUT2D eigenvalue weighted by molar-refractivity contribution is -0.116. The van der Waals surface area contributed by atoms with E-state index in [1.165, 1.54) is 70.6 Å². The summed E-state index contributed by atoms with van der Waals surface area (Å²) < 4.78 is 0. The molecule has 0 rings (SSSR count). The Balaban J connectivity index is 3.09. The summed E-state index contributed by atoms with van der Waals surface area (Å²) >= 11 is 0. The van der Waals surface area contributed by atoms with Crippen LogP contribution in [0.25, 0.3) is 0 Å². The van der Waals surface area contributed by atoms with E-state index in [2.05, 4.69) is 12.2 Å². The van der Waals surface area contributed by atoms with E-state index >= 15 is 0 Å². The molecular formula is C19H37NO. The normalized spacial score (nSPS) is 11.1. The van der Waals surface area contributed by atoms with Crippen molar-refractivity contribution < 1.29 is 4.79 Å². The van der Waals surface area contributed by atoms with Gasteiger partial charge in [0.25, 0.3) is 0 Å². The summed E-state index contributed by atoms with van der Waals surface area (Å²) in [6.45, 7) is 5.13. The quantitative estimate of drug-likeness (QED) is 0.301. The molecule has 0 fully saturated rings. The van der Waals surface area contributed by atoms with E-state index in [-0.39, 0.29) is 5.91 Å². The first-order valence-corrected chi connectivity index (χ1v) is 9.25. The predicted octanol–water partition coefficient (Wildman–Crippen LogP) is 5.77. The fraction of sp³-hybridized carbons (Fsp3) is 0.842. The van der Waals surface area contributed by atoms with Crippen LogP contribution in [0.15, 0.2) is 12.2 Å². The summed E-state index contributed by atoms with van der Waals surface area (Å²) in [5.74, 6) is 0.0555. The van der Waals surface area contributed by atoms with Gasteiger partial charge in [-0.3, -0.25) is 4.79 Å². The Morgan fingerprint density at radius 1 is 0.762 bits per heavy atom. The van der Waals surface area contributed by atoms with Gasteiger partial charge in [-0.15, -0.1) is 0 Å². The van der Waals surface area contributed by atoms with Gasteiger partial charge in [0.1, 0.15) is 0 Å². The molecule has 1 amide bonds. The van der Waals surface area contributed by atoms with Crippen molar-refractivity contribution >= 4 is 5.91 Å². The molecule has 0 aliphatic carbocycles. The SMILES string of the molecule is CCC=CC(=O)NCCCCCCCCCCCCCC. The minimum Gasteiger partial charge on any atom is -0.353 e. The number of carbonyl (C=O) groups is 1. The van der Waals surface area contributed by atoms with E-state index < -0.39 is 0 Å². The summed E-state index contributed by atoms with van der Waals surface area (Å²) in [4.78, 5) is 11.3. The second kappa shape index (κ2) is 17.3. The van der Waals surface area contributed by atoms with Crippen LogP contribution in [0.5, 0.6) is 0 Å². The van der Waals surface area contributed by atoms with Crippen LogP contribution in [0.1, 0.15) is 97.3 Å². The molecule has 0 spiro atoms. The Labute approximate surface area is 132 Å². The number of rotatable bonds is 15. The lowest BCUT2D eigenvalue weighted by atomic mass is 10.1. The number of hydrogen-bond donors (Lipinski definition) is 1. The van der Waals surface area contributed by atoms with E-state index in [9.17, 15) is 4.79 Å². The monoisotopic (exact) mass is 295 g/mol. The number of hydrogen-bond acceptors (Lipinski definition) is 1. The van der Waals surface area contributed by atoms with Crippen molar-refractivity contribution in [1.29, 1.82) is 0 Å².